The number of fused-ring (bicyclic) bond motifs is 2. The van der Waals surface area contributed by atoms with Gasteiger partial charge in [-0.1, -0.05) is 18.2 Å². The van der Waals surface area contributed by atoms with E-state index in [1.807, 2.05) is 32.3 Å². The number of aliphatic imine (C=N–C) groups is 1. The van der Waals surface area contributed by atoms with E-state index < -0.39 is 0 Å². The van der Waals surface area contributed by atoms with Crippen molar-refractivity contribution in [3.63, 3.8) is 0 Å². The average Bonchev–Trinajstić information content (AvgIpc) is 3.23. The molecule has 0 atom stereocenters. The van der Waals surface area contributed by atoms with E-state index in [0.717, 1.165) is 41.7 Å². The third-order valence-corrected chi connectivity index (χ3v) is 5.58. The van der Waals surface area contributed by atoms with Gasteiger partial charge in [0.05, 0.1) is 5.71 Å². The third-order valence-electron chi connectivity index (χ3n) is 5.58. The van der Waals surface area contributed by atoms with Gasteiger partial charge in [0.15, 0.2) is 0 Å². The minimum atomic E-state index is -0.00858. The van der Waals surface area contributed by atoms with Crippen LogP contribution in [0.3, 0.4) is 0 Å². The van der Waals surface area contributed by atoms with E-state index in [4.69, 9.17) is 5.84 Å². The molecule has 0 saturated carbocycles. The van der Waals surface area contributed by atoms with E-state index in [1.54, 1.807) is 17.8 Å². The molecule has 156 valence electrons. The monoisotopic (exact) mass is 404 g/mol. The molecule has 7 nitrogen and oxygen atoms in total. The SMILES string of the molecule is CC(C)N=C/C(CN1CCc2cc(-c3cn(C)c(=O)c4[nH]ccc34)ccc2C1)=N\N. The molecule has 0 amide bonds. The summed E-state index contributed by atoms with van der Waals surface area (Å²) in [7, 11) is 1.79. The third kappa shape index (κ3) is 3.93. The largest absolute Gasteiger partial charge is 0.357 e. The molecule has 3 aromatic rings. The molecule has 1 aliphatic rings. The first-order valence-electron chi connectivity index (χ1n) is 10.3. The molecule has 0 unspecified atom stereocenters. The van der Waals surface area contributed by atoms with Crippen molar-refractivity contribution < 1.29 is 0 Å². The summed E-state index contributed by atoms with van der Waals surface area (Å²) in [4.78, 5) is 22.2. The van der Waals surface area contributed by atoms with Crippen LogP contribution >= 0.6 is 0 Å². The molecule has 0 aliphatic carbocycles. The molecule has 7 heteroatoms. The Balaban J connectivity index is 1.58. The van der Waals surface area contributed by atoms with Crippen molar-refractivity contribution in [1.82, 2.24) is 14.5 Å². The van der Waals surface area contributed by atoms with Crippen molar-refractivity contribution in [2.45, 2.75) is 32.9 Å². The average molecular weight is 405 g/mol. The molecule has 0 radical (unpaired) electrons. The highest BCUT2D eigenvalue weighted by molar-refractivity contribution is 6.31. The Labute approximate surface area is 175 Å². The number of aromatic amines is 1. The maximum atomic E-state index is 12.3. The van der Waals surface area contributed by atoms with Gasteiger partial charge in [-0.15, -0.1) is 0 Å². The second-order valence-electron chi connectivity index (χ2n) is 8.16. The highest BCUT2D eigenvalue weighted by Crippen LogP contribution is 2.30. The van der Waals surface area contributed by atoms with Crippen molar-refractivity contribution in [2.75, 3.05) is 13.1 Å². The number of pyridine rings is 1. The van der Waals surface area contributed by atoms with E-state index in [1.165, 1.54) is 11.1 Å². The number of benzene rings is 1. The standard InChI is InChI=1S/C23H28N6O/c1-15(2)26-11-19(27-24)13-29-9-7-16-10-17(4-5-18(16)12-29)21-14-28(3)23(30)22-20(21)6-8-25-22/h4-6,8,10-11,14-15,25H,7,9,12-13,24H2,1-3H3/b26-11?,27-19+. The lowest BCUT2D eigenvalue weighted by Gasteiger charge is -2.29. The fourth-order valence-electron chi connectivity index (χ4n) is 3.99. The van der Waals surface area contributed by atoms with Crippen LogP contribution in [0, 0.1) is 0 Å². The summed E-state index contributed by atoms with van der Waals surface area (Å²) in [5.41, 5.74) is 6.31. The predicted molar refractivity (Wildman–Crippen MR) is 123 cm³/mol. The minimum absolute atomic E-state index is 0.00858. The summed E-state index contributed by atoms with van der Waals surface area (Å²) in [6.07, 6.45) is 6.49. The number of rotatable bonds is 5. The lowest BCUT2D eigenvalue weighted by atomic mass is 9.94. The highest BCUT2D eigenvalue weighted by atomic mass is 16.1. The van der Waals surface area contributed by atoms with E-state index in [0.29, 0.717) is 12.1 Å². The number of H-pyrrole nitrogens is 1. The molecular formula is C23H28N6O. The quantitative estimate of drug-likeness (QED) is 0.389. The van der Waals surface area contributed by atoms with Gasteiger partial charge in [-0.2, -0.15) is 5.10 Å². The number of hydrogen-bond acceptors (Lipinski definition) is 5. The molecule has 4 rings (SSSR count). The number of hydrazone groups is 1. The fourth-order valence-corrected chi connectivity index (χ4v) is 3.99. The number of aromatic nitrogens is 2. The van der Waals surface area contributed by atoms with Crippen LogP contribution in [-0.4, -0.2) is 45.5 Å². The molecule has 1 aliphatic heterocycles. The smallest absolute Gasteiger partial charge is 0.274 e. The Morgan fingerprint density at radius 2 is 2.13 bits per heavy atom. The minimum Gasteiger partial charge on any atom is -0.357 e. The Morgan fingerprint density at radius 1 is 1.30 bits per heavy atom. The van der Waals surface area contributed by atoms with Gasteiger partial charge in [0, 0.05) is 62.3 Å². The Hall–Kier alpha value is -3.19. The van der Waals surface area contributed by atoms with Crippen LogP contribution in [0.5, 0.6) is 0 Å². The molecule has 0 bridgehead atoms. The molecule has 3 heterocycles. The van der Waals surface area contributed by atoms with Gasteiger partial charge >= 0.3 is 0 Å². The Morgan fingerprint density at radius 3 is 2.90 bits per heavy atom. The van der Waals surface area contributed by atoms with Crippen molar-refractivity contribution in [3.8, 4) is 11.1 Å². The summed E-state index contributed by atoms with van der Waals surface area (Å²) >= 11 is 0. The molecule has 2 aromatic heterocycles. The zero-order chi connectivity index (χ0) is 21.3. The molecule has 0 saturated heterocycles. The summed E-state index contributed by atoms with van der Waals surface area (Å²) in [6.45, 7) is 6.56. The van der Waals surface area contributed by atoms with Gasteiger partial charge in [-0.05, 0) is 43.0 Å². The van der Waals surface area contributed by atoms with Crippen LogP contribution in [0.15, 0.2) is 51.5 Å². The van der Waals surface area contributed by atoms with Crippen LogP contribution in [0.4, 0.5) is 0 Å². The zero-order valence-electron chi connectivity index (χ0n) is 17.7. The predicted octanol–water partition coefficient (Wildman–Crippen LogP) is 2.69. The van der Waals surface area contributed by atoms with E-state index in [2.05, 4.69) is 38.2 Å². The topological polar surface area (TPSA) is 91.8 Å². The van der Waals surface area contributed by atoms with Crippen LogP contribution in [-0.2, 0) is 20.0 Å². The number of hydrogen-bond donors (Lipinski definition) is 2. The molecule has 3 N–H and O–H groups in total. The highest BCUT2D eigenvalue weighted by Gasteiger charge is 2.19. The van der Waals surface area contributed by atoms with Crippen molar-refractivity contribution in [3.05, 3.63) is 58.1 Å². The summed E-state index contributed by atoms with van der Waals surface area (Å²) in [5.74, 6) is 5.56. The van der Waals surface area contributed by atoms with Crippen LogP contribution in [0.25, 0.3) is 22.0 Å². The van der Waals surface area contributed by atoms with Gasteiger partial charge in [0.2, 0.25) is 0 Å². The second-order valence-corrected chi connectivity index (χ2v) is 8.16. The van der Waals surface area contributed by atoms with Gasteiger partial charge in [0.25, 0.3) is 5.56 Å². The molecular weight excluding hydrogens is 376 g/mol. The summed E-state index contributed by atoms with van der Waals surface area (Å²) in [6, 6.07) is 8.80. The first-order chi connectivity index (χ1) is 14.5. The number of nitrogens with two attached hydrogens (primary N) is 1. The normalized spacial score (nSPS) is 15.4. The van der Waals surface area contributed by atoms with E-state index in [-0.39, 0.29) is 11.6 Å². The van der Waals surface area contributed by atoms with Crippen LogP contribution < -0.4 is 11.4 Å². The number of nitrogens with one attached hydrogen (secondary N) is 1. The maximum Gasteiger partial charge on any atom is 0.274 e. The lowest BCUT2D eigenvalue weighted by molar-refractivity contribution is 0.291. The van der Waals surface area contributed by atoms with Crippen molar-refractivity contribution in [1.29, 1.82) is 0 Å². The first kappa shape index (κ1) is 20.1. The van der Waals surface area contributed by atoms with Gasteiger partial charge in [-0.3, -0.25) is 14.7 Å². The van der Waals surface area contributed by atoms with E-state index >= 15 is 0 Å². The maximum absolute atomic E-state index is 12.3. The summed E-state index contributed by atoms with van der Waals surface area (Å²) < 4.78 is 1.64. The zero-order valence-corrected chi connectivity index (χ0v) is 17.7. The fraction of sp³-hybridized carbons (Fsp3) is 0.348. The number of aryl methyl sites for hydroxylation is 1. The molecule has 30 heavy (non-hydrogen) atoms. The molecule has 1 aromatic carbocycles. The van der Waals surface area contributed by atoms with Crippen molar-refractivity contribution in [2.24, 2.45) is 23.0 Å². The Bertz CT molecular complexity index is 1180. The van der Waals surface area contributed by atoms with Crippen LogP contribution in [0.1, 0.15) is 25.0 Å². The molecule has 0 fully saturated rings. The first-order valence-corrected chi connectivity index (χ1v) is 10.3. The second kappa shape index (κ2) is 8.28. The van der Waals surface area contributed by atoms with E-state index in [9.17, 15) is 4.79 Å². The van der Waals surface area contributed by atoms with Crippen LogP contribution in [0.2, 0.25) is 0 Å². The summed E-state index contributed by atoms with van der Waals surface area (Å²) in [5, 5.41) is 4.86. The van der Waals surface area contributed by atoms with Gasteiger partial charge < -0.3 is 15.4 Å². The number of nitrogens with zero attached hydrogens (tertiary/aromatic N) is 4. The van der Waals surface area contributed by atoms with Crippen molar-refractivity contribution >= 4 is 22.8 Å². The van der Waals surface area contributed by atoms with Gasteiger partial charge in [-0.25, -0.2) is 0 Å². The Kier molecular flexibility index (Phi) is 5.55. The molecule has 0 spiro atoms. The van der Waals surface area contributed by atoms with Gasteiger partial charge in [0.1, 0.15) is 5.52 Å². The lowest BCUT2D eigenvalue weighted by Crippen LogP contribution is -2.35.